The van der Waals surface area contributed by atoms with Crippen molar-refractivity contribution in [2.45, 2.75) is 6.04 Å². The quantitative estimate of drug-likeness (QED) is 0.472. The Morgan fingerprint density at radius 3 is 2.59 bits per heavy atom. The van der Waals surface area contributed by atoms with E-state index in [0.717, 1.165) is 19.4 Å². The number of aliphatic imine (C=N–C) groups is 1. The van der Waals surface area contributed by atoms with Crippen molar-refractivity contribution in [2.75, 3.05) is 34.0 Å². The monoisotopic (exact) mass is 469 g/mol. The fourth-order valence-electron chi connectivity index (χ4n) is 3.03. The van der Waals surface area contributed by atoms with Crippen LogP contribution in [0.2, 0.25) is 5.02 Å². The summed E-state index contributed by atoms with van der Waals surface area (Å²) in [5.74, 6) is -3.54. The van der Waals surface area contributed by atoms with Gasteiger partial charge in [-0.05, 0) is 12.1 Å². The highest BCUT2D eigenvalue weighted by Gasteiger charge is 2.34. The van der Waals surface area contributed by atoms with E-state index in [1.54, 1.807) is 0 Å². The van der Waals surface area contributed by atoms with Gasteiger partial charge >= 0.3 is 5.97 Å². The Labute approximate surface area is 186 Å². The third kappa shape index (κ3) is 5.26. The van der Waals surface area contributed by atoms with Crippen molar-refractivity contribution in [3.8, 4) is 0 Å². The number of ether oxygens (including phenoxy) is 3. The zero-order chi connectivity index (χ0) is 23.3. The van der Waals surface area contributed by atoms with Crippen LogP contribution in [0.25, 0.3) is 0 Å². The highest BCUT2D eigenvalue weighted by Crippen LogP contribution is 2.34. The number of methoxy groups -OCH3 is 2. The maximum atomic E-state index is 14.8. The molecule has 2 aromatic rings. The van der Waals surface area contributed by atoms with Crippen molar-refractivity contribution in [2.24, 2.45) is 4.99 Å². The lowest BCUT2D eigenvalue weighted by atomic mass is 9.95. The van der Waals surface area contributed by atoms with Crippen LogP contribution in [-0.4, -0.2) is 50.8 Å². The molecule has 0 spiro atoms. The van der Waals surface area contributed by atoms with Crippen molar-refractivity contribution in [1.82, 2.24) is 10.3 Å². The molecule has 1 unspecified atom stereocenters. The van der Waals surface area contributed by atoms with Crippen LogP contribution in [0.5, 0.6) is 0 Å². The highest BCUT2D eigenvalue weighted by atomic mass is 35.5. The Bertz CT molecular complexity index is 1080. The van der Waals surface area contributed by atoms with Gasteiger partial charge in [0, 0.05) is 23.8 Å². The first-order chi connectivity index (χ1) is 15.3. The number of amidine groups is 1. The zero-order valence-corrected chi connectivity index (χ0v) is 17.9. The number of carbonyl (C=O) groups excluding carboxylic acids is 1. The lowest BCUT2D eigenvalue weighted by Gasteiger charge is -2.27. The van der Waals surface area contributed by atoms with Crippen LogP contribution in [0.15, 0.2) is 46.7 Å². The minimum atomic E-state index is -1.23. The number of halogens is 4. The molecule has 1 atom stereocenters. The van der Waals surface area contributed by atoms with E-state index in [1.807, 2.05) is 0 Å². The summed E-state index contributed by atoms with van der Waals surface area (Å²) in [4.78, 5) is 20.7. The lowest BCUT2D eigenvalue weighted by molar-refractivity contribution is -0.136. The van der Waals surface area contributed by atoms with E-state index >= 15 is 0 Å². The molecule has 0 saturated heterocycles. The number of esters is 1. The molecule has 0 bridgehead atoms. The third-order valence-corrected chi connectivity index (χ3v) is 4.73. The van der Waals surface area contributed by atoms with E-state index in [9.17, 15) is 18.0 Å². The predicted molar refractivity (Wildman–Crippen MR) is 110 cm³/mol. The largest absolute Gasteiger partial charge is 0.466 e. The molecule has 3 rings (SSSR count). The molecular weight excluding hydrogens is 451 g/mol. The predicted octanol–water partition coefficient (Wildman–Crippen LogP) is 3.33. The van der Waals surface area contributed by atoms with Crippen molar-refractivity contribution < 1.29 is 32.2 Å². The van der Waals surface area contributed by atoms with E-state index in [1.165, 1.54) is 19.2 Å². The lowest BCUT2D eigenvalue weighted by Crippen LogP contribution is -2.37. The number of hydrogen-bond donors (Lipinski definition) is 1. The van der Waals surface area contributed by atoms with Gasteiger partial charge in [-0.1, -0.05) is 17.7 Å². The van der Waals surface area contributed by atoms with Crippen LogP contribution in [0.4, 0.5) is 13.2 Å². The molecule has 1 aromatic heterocycles. The second kappa shape index (κ2) is 10.6. The van der Waals surface area contributed by atoms with Gasteiger partial charge in [0.1, 0.15) is 23.4 Å². The summed E-state index contributed by atoms with van der Waals surface area (Å²) in [5, 5.41) is 2.93. The van der Waals surface area contributed by atoms with Crippen LogP contribution < -0.4 is 5.32 Å². The summed E-state index contributed by atoms with van der Waals surface area (Å²) in [6, 6.07) is 3.25. The Hall–Kier alpha value is -2.95. The van der Waals surface area contributed by atoms with Crippen molar-refractivity contribution in [3.05, 3.63) is 75.5 Å². The highest BCUT2D eigenvalue weighted by molar-refractivity contribution is 6.30. The van der Waals surface area contributed by atoms with E-state index in [2.05, 4.69) is 15.3 Å². The zero-order valence-electron chi connectivity index (χ0n) is 17.1. The fraction of sp³-hybridized carbons (Fsp3) is 0.286. The standard InChI is InChI=1S/C21H19ClF3N3O4/c1-30-5-6-32-10-16-17(21(29)31-2)18(13-4-3-11(22)7-14(13)24)28-20(27-16)19-15(25)8-12(23)9-26-19/h3-4,7-9,18H,5-6,10H2,1-2H3,(H,27,28). The van der Waals surface area contributed by atoms with E-state index in [4.69, 9.17) is 25.8 Å². The molecule has 7 nitrogen and oxygen atoms in total. The first-order valence-electron chi connectivity index (χ1n) is 9.35. The summed E-state index contributed by atoms with van der Waals surface area (Å²) in [5.41, 5.74) is -0.213. The molecular formula is C21H19ClF3N3O4. The van der Waals surface area contributed by atoms with Gasteiger partial charge in [-0.3, -0.25) is 4.99 Å². The molecule has 32 heavy (non-hydrogen) atoms. The van der Waals surface area contributed by atoms with Crippen molar-refractivity contribution in [1.29, 1.82) is 0 Å². The van der Waals surface area contributed by atoms with Gasteiger partial charge in [-0.2, -0.15) is 0 Å². The maximum Gasteiger partial charge on any atom is 0.338 e. The fourth-order valence-corrected chi connectivity index (χ4v) is 3.19. The van der Waals surface area contributed by atoms with Crippen molar-refractivity contribution in [3.63, 3.8) is 0 Å². The molecule has 0 aliphatic carbocycles. The van der Waals surface area contributed by atoms with Gasteiger partial charge in [0.2, 0.25) is 0 Å². The number of benzene rings is 1. The molecule has 1 aromatic carbocycles. The van der Waals surface area contributed by atoms with Crippen LogP contribution in [-0.2, 0) is 19.0 Å². The molecule has 11 heteroatoms. The summed E-state index contributed by atoms with van der Waals surface area (Å²) < 4.78 is 57.9. The van der Waals surface area contributed by atoms with Gasteiger partial charge in [-0.25, -0.2) is 22.9 Å². The number of rotatable bonds is 8. The first kappa shape index (κ1) is 23.7. The van der Waals surface area contributed by atoms with Gasteiger partial charge < -0.3 is 19.5 Å². The third-order valence-electron chi connectivity index (χ3n) is 4.50. The van der Waals surface area contributed by atoms with Gasteiger partial charge in [0.05, 0.1) is 44.4 Å². The van der Waals surface area contributed by atoms with E-state index in [-0.39, 0.29) is 53.2 Å². The van der Waals surface area contributed by atoms with Crippen LogP contribution >= 0.6 is 11.6 Å². The normalized spacial score (nSPS) is 15.9. The molecule has 1 N–H and O–H groups in total. The number of pyridine rings is 1. The molecule has 0 saturated carbocycles. The van der Waals surface area contributed by atoms with Crippen LogP contribution in [0, 0.1) is 17.5 Å². The molecule has 0 fully saturated rings. The minimum Gasteiger partial charge on any atom is -0.466 e. The number of nitrogens with one attached hydrogen (secondary N) is 1. The molecule has 2 heterocycles. The first-order valence-corrected chi connectivity index (χ1v) is 9.72. The van der Waals surface area contributed by atoms with Crippen LogP contribution in [0.3, 0.4) is 0 Å². The Kier molecular flexibility index (Phi) is 7.84. The van der Waals surface area contributed by atoms with Crippen molar-refractivity contribution >= 4 is 23.4 Å². The average Bonchev–Trinajstić information content (AvgIpc) is 2.76. The molecule has 1 aliphatic rings. The second-order valence-corrected chi connectivity index (χ2v) is 7.02. The number of aromatic nitrogens is 1. The SMILES string of the molecule is COCCOCC1=C(C(=O)OC)C(c2ccc(Cl)cc2F)N=C(c2ncc(F)cc2F)N1. The topological polar surface area (TPSA) is 82.0 Å². The number of nitrogens with zero attached hydrogens (tertiary/aromatic N) is 2. The molecule has 0 amide bonds. The smallest absolute Gasteiger partial charge is 0.338 e. The Balaban J connectivity index is 2.13. The second-order valence-electron chi connectivity index (χ2n) is 6.58. The van der Waals surface area contributed by atoms with E-state index < -0.39 is 29.5 Å². The summed E-state index contributed by atoms with van der Waals surface area (Å²) in [6.07, 6.45) is 0.814. The van der Waals surface area contributed by atoms with Gasteiger partial charge in [0.25, 0.3) is 0 Å². The molecule has 0 radical (unpaired) electrons. The molecule has 170 valence electrons. The Morgan fingerprint density at radius 1 is 1.16 bits per heavy atom. The number of hydrogen-bond acceptors (Lipinski definition) is 7. The van der Waals surface area contributed by atoms with Gasteiger partial charge in [0.15, 0.2) is 11.7 Å². The maximum absolute atomic E-state index is 14.8. The summed E-state index contributed by atoms with van der Waals surface area (Å²) in [6.45, 7) is 0.318. The minimum absolute atomic E-state index is 0.00860. The average molecular weight is 470 g/mol. The summed E-state index contributed by atoms with van der Waals surface area (Å²) >= 11 is 5.85. The van der Waals surface area contributed by atoms with E-state index in [0.29, 0.717) is 6.07 Å². The Morgan fingerprint density at radius 2 is 1.94 bits per heavy atom. The summed E-state index contributed by atoms with van der Waals surface area (Å²) in [7, 11) is 2.66. The van der Waals surface area contributed by atoms with Gasteiger partial charge in [-0.15, -0.1) is 0 Å². The number of carbonyl (C=O) groups is 1. The van der Waals surface area contributed by atoms with Crippen LogP contribution in [0.1, 0.15) is 17.3 Å². The molecule has 1 aliphatic heterocycles.